The predicted molar refractivity (Wildman–Crippen MR) is 83.6 cm³/mol. The minimum atomic E-state index is -0.468. The number of ether oxygens (including phenoxy) is 2. The van der Waals surface area contributed by atoms with Crippen LogP contribution in [0.4, 0.5) is 0 Å². The number of hydrogen-bond donors (Lipinski definition) is 0. The van der Waals surface area contributed by atoms with Crippen LogP contribution >= 0.6 is 11.6 Å². The van der Waals surface area contributed by atoms with Crippen molar-refractivity contribution in [3.05, 3.63) is 34.9 Å². The molecule has 6 heteroatoms. The maximum atomic E-state index is 12.5. The summed E-state index contributed by atoms with van der Waals surface area (Å²) < 4.78 is 10.5. The van der Waals surface area contributed by atoms with Crippen molar-refractivity contribution in [1.82, 2.24) is 4.90 Å². The standard InChI is InChI=1S/C16H18ClNO4/c1-3-22-10-6-9-18-15(19)13(14(17)16(18)20)11-7-4-5-8-12(11)21-2/h4-5,7-8H,3,6,9-10H2,1-2H3. The first-order chi connectivity index (χ1) is 10.6. The van der Waals surface area contributed by atoms with Crippen LogP contribution in [0.25, 0.3) is 5.57 Å². The van der Waals surface area contributed by atoms with E-state index in [-0.39, 0.29) is 17.2 Å². The zero-order valence-corrected chi connectivity index (χ0v) is 13.4. The van der Waals surface area contributed by atoms with Gasteiger partial charge in [0.05, 0.1) is 12.7 Å². The molecule has 0 saturated carbocycles. The molecule has 0 aliphatic carbocycles. The Morgan fingerprint density at radius 3 is 2.59 bits per heavy atom. The number of amides is 2. The van der Waals surface area contributed by atoms with E-state index in [1.165, 1.54) is 7.11 Å². The van der Waals surface area contributed by atoms with Gasteiger partial charge < -0.3 is 9.47 Å². The summed E-state index contributed by atoms with van der Waals surface area (Å²) in [4.78, 5) is 25.9. The Kier molecular flexibility index (Phi) is 5.57. The van der Waals surface area contributed by atoms with E-state index in [4.69, 9.17) is 21.1 Å². The number of benzene rings is 1. The Hall–Kier alpha value is -1.85. The predicted octanol–water partition coefficient (Wildman–Crippen LogP) is 2.44. The van der Waals surface area contributed by atoms with Crippen LogP contribution in [0.15, 0.2) is 29.3 Å². The summed E-state index contributed by atoms with van der Waals surface area (Å²) in [7, 11) is 1.51. The fourth-order valence-electron chi connectivity index (χ4n) is 2.30. The zero-order chi connectivity index (χ0) is 16.1. The van der Waals surface area contributed by atoms with Crippen molar-refractivity contribution in [2.24, 2.45) is 0 Å². The smallest absolute Gasteiger partial charge is 0.273 e. The largest absolute Gasteiger partial charge is 0.496 e. The maximum absolute atomic E-state index is 12.5. The highest BCUT2D eigenvalue weighted by Crippen LogP contribution is 2.36. The van der Waals surface area contributed by atoms with Gasteiger partial charge in [-0.3, -0.25) is 14.5 Å². The molecule has 2 rings (SSSR count). The van der Waals surface area contributed by atoms with Crippen LogP contribution in [0.2, 0.25) is 0 Å². The third kappa shape index (κ3) is 3.15. The van der Waals surface area contributed by atoms with Gasteiger partial charge in [-0.15, -0.1) is 0 Å². The molecule has 5 nitrogen and oxygen atoms in total. The molecule has 1 aliphatic rings. The van der Waals surface area contributed by atoms with Crippen LogP contribution in [0.1, 0.15) is 18.9 Å². The molecular formula is C16H18ClNO4. The topological polar surface area (TPSA) is 55.8 Å². The molecular weight excluding hydrogens is 306 g/mol. The third-order valence-corrected chi connectivity index (χ3v) is 3.71. The van der Waals surface area contributed by atoms with E-state index >= 15 is 0 Å². The SMILES string of the molecule is CCOCCCN1C(=O)C(Cl)=C(c2ccccc2OC)C1=O. The van der Waals surface area contributed by atoms with Gasteiger partial charge in [0, 0.05) is 25.3 Å². The van der Waals surface area contributed by atoms with E-state index in [9.17, 15) is 9.59 Å². The molecule has 0 aromatic heterocycles. The lowest BCUT2D eigenvalue weighted by Gasteiger charge is -2.15. The normalized spacial score (nSPS) is 15.0. The van der Waals surface area contributed by atoms with Gasteiger partial charge in [0.15, 0.2) is 0 Å². The fourth-order valence-corrected chi connectivity index (χ4v) is 2.59. The van der Waals surface area contributed by atoms with E-state index < -0.39 is 11.8 Å². The second kappa shape index (κ2) is 7.42. The number of para-hydroxylation sites is 1. The lowest BCUT2D eigenvalue weighted by atomic mass is 10.1. The number of nitrogens with zero attached hydrogens (tertiary/aromatic N) is 1. The van der Waals surface area contributed by atoms with E-state index in [1.54, 1.807) is 24.3 Å². The number of carbonyl (C=O) groups is 2. The Balaban J connectivity index is 2.22. The van der Waals surface area contributed by atoms with Gasteiger partial charge in [0.2, 0.25) is 0 Å². The molecule has 2 amide bonds. The molecule has 118 valence electrons. The molecule has 0 atom stereocenters. The highest BCUT2D eigenvalue weighted by atomic mass is 35.5. The van der Waals surface area contributed by atoms with Crippen molar-refractivity contribution < 1.29 is 19.1 Å². The minimum Gasteiger partial charge on any atom is -0.496 e. The number of methoxy groups -OCH3 is 1. The number of carbonyl (C=O) groups excluding carboxylic acids is 2. The first-order valence-corrected chi connectivity index (χ1v) is 7.46. The highest BCUT2D eigenvalue weighted by molar-refractivity contribution is 6.55. The van der Waals surface area contributed by atoms with Gasteiger partial charge in [-0.2, -0.15) is 0 Å². The van der Waals surface area contributed by atoms with E-state index in [1.807, 2.05) is 6.92 Å². The van der Waals surface area contributed by atoms with Crippen LogP contribution in [0, 0.1) is 0 Å². The summed E-state index contributed by atoms with van der Waals surface area (Å²) in [6.45, 7) is 3.28. The van der Waals surface area contributed by atoms with Crippen LogP contribution in [-0.2, 0) is 14.3 Å². The summed E-state index contributed by atoms with van der Waals surface area (Å²) in [5.41, 5.74) is 0.723. The second-order valence-corrected chi connectivity index (χ2v) is 5.08. The van der Waals surface area contributed by atoms with Crippen LogP contribution < -0.4 is 4.74 Å². The zero-order valence-electron chi connectivity index (χ0n) is 12.6. The van der Waals surface area contributed by atoms with E-state index in [0.717, 1.165) is 4.90 Å². The quantitative estimate of drug-likeness (QED) is 0.571. The summed E-state index contributed by atoms with van der Waals surface area (Å²) in [6.07, 6.45) is 0.578. The first-order valence-electron chi connectivity index (χ1n) is 7.08. The average molecular weight is 324 g/mol. The average Bonchev–Trinajstić information content (AvgIpc) is 2.74. The molecule has 1 aliphatic heterocycles. The number of rotatable bonds is 7. The molecule has 0 saturated heterocycles. The van der Waals surface area contributed by atoms with Gasteiger partial charge in [-0.1, -0.05) is 29.8 Å². The maximum Gasteiger partial charge on any atom is 0.273 e. The Labute approximate surface area is 134 Å². The molecule has 1 heterocycles. The van der Waals surface area contributed by atoms with Crippen molar-refractivity contribution in [2.45, 2.75) is 13.3 Å². The van der Waals surface area contributed by atoms with Crippen molar-refractivity contribution in [1.29, 1.82) is 0 Å². The third-order valence-electron chi connectivity index (χ3n) is 3.36. The number of halogens is 1. The molecule has 22 heavy (non-hydrogen) atoms. The van der Waals surface area contributed by atoms with Crippen molar-refractivity contribution in [2.75, 3.05) is 26.9 Å². The molecule has 0 unspecified atom stereocenters. The van der Waals surface area contributed by atoms with Crippen LogP contribution in [0.3, 0.4) is 0 Å². The molecule has 1 aromatic rings. The van der Waals surface area contributed by atoms with Crippen LogP contribution in [0.5, 0.6) is 5.75 Å². The summed E-state index contributed by atoms with van der Waals surface area (Å²) in [5, 5.41) is -0.0640. The van der Waals surface area contributed by atoms with Crippen molar-refractivity contribution >= 4 is 29.0 Å². The lowest BCUT2D eigenvalue weighted by molar-refractivity contribution is -0.136. The van der Waals surface area contributed by atoms with Crippen molar-refractivity contribution in [3.8, 4) is 5.75 Å². The molecule has 0 radical (unpaired) electrons. The Morgan fingerprint density at radius 1 is 1.18 bits per heavy atom. The van der Waals surface area contributed by atoms with Crippen molar-refractivity contribution in [3.63, 3.8) is 0 Å². The lowest BCUT2D eigenvalue weighted by Crippen LogP contribution is -2.32. The molecule has 1 aromatic carbocycles. The van der Waals surface area contributed by atoms with Gasteiger partial charge in [-0.25, -0.2) is 0 Å². The fraction of sp³-hybridized carbons (Fsp3) is 0.375. The molecule has 0 spiro atoms. The minimum absolute atomic E-state index is 0.0640. The van der Waals surface area contributed by atoms with Gasteiger partial charge in [-0.05, 0) is 19.4 Å². The van der Waals surface area contributed by atoms with E-state index in [0.29, 0.717) is 30.9 Å². The number of imide groups is 1. The van der Waals surface area contributed by atoms with Gasteiger partial charge >= 0.3 is 0 Å². The first kappa shape index (κ1) is 16.5. The molecule has 0 fully saturated rings. The molecule has 0 N–H and O–H groups in total. The summed E-state index contributed by atoms with van der Waals surface area (Å²) in [6, 6.07) is 7.00. The van der Waals surface area contributed by atoms with Gasteiger partial charge in [0.1, 0.15) is 10.8 Å². The highest BCUT2D eigenvalue weighted by Gasteiger charge is 2.38. The Morgan fingerprint density at radius 2 is 1.91 bits per heavy atom. The van der Waals surface area contributed by atoms with E-state index in [2.05, 4.69) is 0 Å². The van der Waals surface area contributed by atoms with Gasteiger partial charge in [0.25, 0.3) is 11.8 Å². The number of hydrogen-bond acceptors (Lipinski definition) is 4. The summed E-state index contributed by atoms with van der Waals surface area (Å²) in [5.74, 6) is -0.354. The summed E-state index contributed by atoms with van der Waals surface area (Å²) >= 11 is 6.10. The molecule has 0 bridgehead atoms. The van der Waals surface area contributed by atoms with Crippen LogP contribution in [-0.4, -0.2) is 43.6 Å². The Bertz CT molecular complexity index is 612. The monoisotopic (exact) mass is 323 g/mol. The second-order valence-electron chi connectivity index (χ2n) is 4.70.